The average molecular weight is 393 g/mol. The number of halogens is 1. The minimum absolute atomic E-state index is 0.164. The van der Waals surface area contributed by atoms with E-state index in [4.69, 9.17) is 5.73 Å². The van der Waals surface area contributed by atoms with Gasteiger partial charge in [0.25, 0.3) is 0 Å². The van der Waals surface area contributed by atoms with Gasteiger partial charge >= 0.3 is 0 Å². The molecule has 1 aromatic carbocycles. The van der Waals surface area contributed by atoms with Gasteiger partial charge in [0.15, 0.2) is 11.6 Å². The topological polar surface area (TPSA) is 66.9 Å². The Labute approximate surface area is 168 Å². The van der Waals surface area contributed by atoms with Gasteiger partial charge in [0.2, 0.25) is 0 Å². The number of carbonyl (C=O) groups excluding carboxylic acids is 1. The Morgan fingerprint density at radius 2 is 1.90 bits per heavy atom. The highest BCUT2D eigenvalue weighted by atomic mass is 19.1. The molecule has 6 nitrogen and oxygen atoms in total. The zero-order valence-electron chi connectivity index (χ0n) is 16.4. The summed E-state index contributed by atoms with van der Waals surface area (Å²) in [6.07, 6.45) is 1.10. The number of nitrogen functional groups attached to an aromatic ring is 1. The van der Waals surface area contributed by atoms with E-state index in [1.807, 2.05) is 18.3 Å². The van der Waals surface area contributed by atoms with E-state index >= 15 is 0 Å². The van der Waals surface area contributed by atoms with Crippen LogP contribution < -0.4 is 10.6 Å². The number of ketones is 1. The summed E-state index contributed by atoms with van der Waals surface area (Å²) < 4.78 is 15.1. The first-order chi connectivity index (χ1) is 14.0. The first-order valence-electron chi connectivity index (χ1n) is 10.0. The third kappa shape index (κ3) is 3.25. The summed E-state index contributed by atoms with van der Waals surface area (Å²) in [6, 6.07) is 12.2. The molecule has 2 fully saturated rings. The van der Waals surface area contributed by atoms with Gasteiger partial charge in [0.05, 0.1) is 5.92 Å². The number of pyridine rings is 1. The van der Waals surface area contributed by atoms with Crippen LogP contribution in [0.2, 0.25) is 0 Å². The molecule has 2 atom stereocenters. The number of rotatable bonds is 4. The number of imidazole rings is 1. The van der Waals surface area contributed by atoms with Crippen LogP contribution in [0.3, 0.4) is 0 Å². The molecular weight excluding hydrogens is 369 g/mol. The summed E-state index contributed by atoms with van der Waals surface area (Å²) in [6.45, 7) is 4.10. The summed E-state index contributed by atoms with van der Waals surface area (Å²) in [4.78, 5) is 21.7. The predicted octanol–water partition coefficient (Wildman–Crippen LogP) is 2.88. The highest BCUT2D eigenvalue weighted by molar-refractivity contribution is 6.03. The lowest BCUT2D eigenvalue weighted by molar-refractivity contribution is 0.0952. The van der Waals surface area contributed by atoms with E-state index in [1.165, 1.54) is 5.69 Å². The fourth-order valence-electron chi connectivity index (χ4n) is 4.04. The van der Waals surface area contributed by atoms with Gasteiger partial charge in [-0.3, -0.25) is 9.20 Å². The molecule has 2 aromatic heterocycles. The van der Waals surface area contributed by atoms with Crippen LogP contribution in [0, 0.1) is 5.92 Å². The molecule has 2 aliphatic rings. The van der Waals surface area contributed by atoms with Crippen LogP contribution in [0.15, 0.2) is 42.6 Å². The SMILES string of the molecule is CN1CCN(c2cccc(-c3ccc4nc(N)c(C(=O)[C@@H]5C[C@@H]5F)n4c3)c2)CC1. The molecular formula is C22H24FN5O. The van der Waals surface area contributed by atoms with E-state index in [9.17, 15) is 9.18 Å². The second kappa shape index (κ2) is 6.84. The van der Waals surface area contributed by atoms with Crippen molar-refractivity contribution in [3.8, 4) is 11.1 Å². The molecule has 1 aliphatic carbocycles. The number of nitrogens with two attached hydrogens (primary N) is 1. The third-order valence-corrected chi connectivity index (χ3v) is 5.98. The number of Topliss-reactive ketones (excluding diaryl/α,β-unsaturated/α-hetero) is 1. The van der Waals surface area contributed by atoms with Crippen LogP contribution in [0.1, 0.15) is 16.9 Å². The molecule has 3 aromatic rings. The van der Waals surface area contributed by atoms with Crippen molar-refractivity contribution in [2.24, 2.45) is 5.92 Å². The summed E-state index contributed by atoms with van der Waals surface area (Å²) in [5, 5.41) is 0. The number of hydrogen-bond acceptors (Lipinski definition) is 5. The number of carbonyl (C=O) groups is 1. The smallest absolute Gasteiger partial charge is 0.189 e. The van der Waals surface area contributed by atoms with Gasteiger partial charge in [-0.05, 0) is 48.9 Å². The lowest BCUT2D eigenvalue weighted by Gasteiger charge is -2.34. The van der Waals surface area contributed by atoms with Gasteiger partial charge in [0.1, 0.15) is 17.5 Å². The van der Waals surface area contributed by atoms with E-state index in [0.29, 0.717) is 11.3 Å². The maximum Gasteiger partial charge on any atom is 0.189 e. The molecule has 0 spiro atoms. The minimum Gasteiger partial charge on any atom is -0.382 e. The number of likely N-dealkylation sites (N-methyl/N-ethyl adjacent to an activating group) is 1. The molecule has 1 saturated heterocycles. The summed E-state index contributed by atoms with van der Waals surface area (Å²) in [5.41, 5.74) is 10.1. The summed E-state index contributed by atoms with van der Waals surface area (Å²) >= 11 is 0. The van der Waals surface area contributed by atoms with Gasteiger partial charge < -0.3 is 15.5 Å². The Morgan fingerprint density at radius 3 is 2.62 bits per heavy atom. The Balaban J connectivity index is 1.51. The van der Waals surface area contributed by atoms with Crippen LogP contribution in [-0.2, 0) is 0 Å². The van der Waals surface area contributed by atoms with E-state index in [1.54, 1.807) is 4.40 Å². The standard InChI is InChI=1S/C22H24FN5O/c1-26-7-9-27(10-8-26)16-4-2-3-14(11-16)15-5-6-19-25-22(24)20(28(19)13-15)21(29)17-12-18(17)23/h2-6,11,13,17-18H,7-10,12,24H2,1H3/t17-,18+/m1/s1. The highest BCUT2D eigenvalue weighted by Gasteiger charge is 2.45. The van der Waals surface area contributed by atoms with Gasteiger partial charge in [-0.25, -0.2) is 9.37 Å². The van der Waals surface area contributed by atoms with Gasteiger partial charge in [-0.2, -0.15) is 0 Å². The second-order valence-corrected chi connectivity index (χ2v) is 8.05. The van der Waals surface area contributed by atoms with E-state index in [0.717, 1.165) is 37.3 Å². The maximum absolute atomic E-state index is 13.4. The number of alkyl halides is 1. The quantitative estimate of drug-likeness (QED) is 0.691. The van der Waals surface area contributed by atoms with E-state index in [-0.39, 0.29) is 18.0 Å². The number of piperazine rings is 1. The van der Waals surface area contributed by atoms with Crippen LogP contribution >= 0.6 is 0 Å². The molecule has 0 radical (unpaired) electrons. The molecule has 29 heavy (non-hydrogen) atoms. The normalized spacial score (nSPS) is 22.2. The Morgan fingerprint density at radius 1 is 1.14 bits per heavy atom. The Hall–Kier alpha value is -2.93. The van der Waals surface area contributed by atoms with E-state index < -0.39 is 12.1 Å². The number of nitrogens with zero attached hydrogens (tertiary/aromatic N) is 4. The zero-order chi connectivity index (χ0) is 20.1. The zero-order valence-corrected chi connectivity index (χ0v) is 16.4. The van der Waals surface area contributed by atoms with Gasteiger partial charge in [-0.15, -0.1) is 0 Å². The molecule has 0 unspecified atom stereocenters. The van der Waals surface area contributed by atoms with Crippen molar-refractivity contribution in [2.45, 2.75) is 12.6 Å². The third-order valence-electron chi connectivity index (χ3n) is 5.98. The number of benzene rings is 1. The molecule has 1 aliphatic heterocycles. The molecule has 1 saturated carbocycles. The van der Waals surface area contributed by atoms with Crippen molar-refractivity contribution in [3.63, 3.8) is 0 Å². The number of hydrogen-bond donors (Lipinski definition) is 1. The molecule has 2 N–H and O–H groups in total. The second-order valence-electron chi connectivity index (χ2n) is 8.05. The number of aromatic nitrogens is 2. The molecule has 0 amide bonds. The first-order valence-corrected chi connectivity index (χ1v) is 10.0. The fourth-order valence-corrected chi connectivity index (χ4v) is 4.04. The van der Waals surface area contributed by atoms with Crippen molar-refractivity contribution >= 4 is 22.9 Å². The average Bonchev–Trinajstić information content (AvgIpc) is 3.37. The molecule has 3 heterocycles. The molecule has 150 valence electrons. The lowest BCUT2D eigenvalue weighted by atomic mass is 10.1. The van der Waals surface area contributed by atoms with Crippen LogP contribution in [0.5, 0.6) is 0 Å². The van der Waals surface area contributed by atoms with Crippen LogP contribution in [-0.4, -0.2) is 59.5 Å². The largest absolute Gasteiger partial charge is 0.382 e. The van der Waals surface area contributed by atoms with Crippen molar-refractivity contribution in [1.29, 1.82) is 0 Å². The van der Waals surface area contributed by atoms with Crippen LogP contribution in [0.4, 0.5) is 15.9 Å². The number of anilines is 2. The van der Waals surface area contributed by atoms with E-state index in [2.05, 4.69) is 46.1 Å². The van der Waals surface area contributed by atoms with Crippen molar-refractivity contribution < 1.29 is 9.18 Å². The van der Waals surface area contributed by atoms with Gasteiger partial charge in [0, 0.05) is 38.1 Å². The predicted molar refractivity (Wildman–Crippen MR) is 112 cm³/mol. The summed E-state index contributed by atoms with van der Waals surface area (Å²) in [5.74, 6) is -0.676. The lowest BCUT2D eigenvalue weighted by Crippen LogP contribution is -2.44. The molecule has 0 bridgehead atoms. The van der Waals surface area contributed by atoms with Crippen molar-refractivity contribution in [2.75, 3.05) is 43.9 Å². The number of fused-ring (bicyclic) bond motifs is 1. The minimum atomic E-state index is -1.06. The summed E-state index contributed by atoms with van der Waals surface area (Å²) in [7, 11) is 2.14. The van der Waals surface area contributed by atoms with Crippen molar-refractivity contribution in [3.05, 3.63) is 48.3 Å². The Kier molecular flexibility index (Phi) is 4.28. The molecule has 7 heteroatoms. The Bertz CT molecular complexity index is 1090. The maximum atomic E-state index is 13.4. The molecule has 5 rings (SSSR count). The monoisotopic (exact) mass is 393 g/mol. The first kappa shape index (κ1) is 18.1. The van der Waals surface area contributed by atoms with Crippen LogP contribution in [0.25, 0.3) is 16.8 Å². The fraction of sp³-hybridized carbons (Fsp3) is 0.364. The highest BCUT2D eigenvalue weighted by Crippen LogP contribution is 2.38. The van der Waals surface area contributed by atoms with Gasteiger partial charge in [-0.1, -0.05) is 12.1 Å². The van der Waals surface area contributed by atoms with Crippen molar-refractivity contribution in [1.82, 2.24) is 14.3 Å².